The Morgan fingerprint density at radius 3 is 2.28 bits per heavy atom. The Bertz CT molecular complexity index is 1170. The Labute approximate surface area is 163 Å². The molecule has 1 fully saturated rings. The van der Waals surface area contributed by atoms with Gasteiger partial charge in [-0.1, -0.05) is 0 Å². The summed E-state index contributed by atoms with van der Waals surface area (Å²) in [5, 5.41) is 70.2. The van der Waals surface area contributed by atoms with Crippen LogP contribution in [-0.4, -0.2) is 54.6 Å². The van der Waals surface area contributed by atoms with E-state index >= 15 is 0 Å². The van der Waals surface area contributed by atoms with Crippen LogP contribution < -0.4 is 5.43 Å². The molecule has 9 heteroatoms. The number of fused-ring (bicyclic) bond motifs is 2. The van der Waals surface area contributed by atoms with Gasteiger partial charge in [-0.25, -0.2) is 0 Å². The fourth-order valence-electron chi connectivity index (χ4n) is 4.17. The van der Waals surface area contributed by atoms with Gasteiger partial charge in [0.15, 0.2) is 11.5 Å². The number of aromatic hydroxyl groups is 4. The summed E-state index contributed by atoms with van der Waals surface area (Å²) in [6, 6.07) is 3.15. The molecule has 1 heterocycles. The van der Waals surface area contributed by atoms with Crippen molar-refractivity contribution in [3.63, 3.8) is 0 Å². The minimum atomic E-state index is -1.32. The van der Waals surface area contributed by atoms with E-state index in [4.69, 9.17) is 4.42 Å². The number of rotatable bonds is 2. The Morgan fingerprint density at radius 2 is 1.59 bits per heavy atom. The van der Waals surface area contributed by atoms with Crippen molar-refractivity contribution in [2.45, 2.75) is 31.0 Å². The molecule has 4 rings (SSSR count). The van der Waals surface area contributed by atoms with Crippen LogP contribution in [0.5, 0.6) is 23.0 Å². The third kappa shape index (κ3) is 2.94. The highest BCUT2D eigenvalue weighted by molar-refractivity contribution is 5.96. The van der Waals surface area contributed by atoms with Crippen LogP contribution in [-0.2, 0) is 0 Å². The molecule has 0 bridgehead atoms. The van der Waals surface area contributed by atoms with Gasteiger partial charge in [-0.15, -0.1) is 0 Å². The van der Waals surface area contributed by atoms with Gasteiger partial charge >= 0.3 is 0 Å². The second kappa shape index (κ2) is 6.80. The third-order valence-electron chi connectivity index (χ3n) is 5.65. The molecule has 1 saturated carbocycles. The summed E-state index contributed by atoms with van der Waals surface area (Å²) < 4.78 is 5.51. The standard InChI is InChI=1S/C20H20O9/c21-6-7-1-9(18(26)13(25)2-7)16-12(24)5-15-17(20(16)28)19(27)8-3-10(22)11(23)4-14(8)29-15/h3-5,7,9,13,18,21-26,28H,1-2,6H2/t7-,9?,13-,18-/m0/s1. The number of phenolic OH excluding ortho intramolecular Hbond substituents is 4. The monoisotopic (exact) mass is 404 g/mol. The van der Waals surface area contributed by atoms with E-state index in [1.807, 2.05) is 0 Å². The van der Waals surface area contributed by atoms with Crippen molar-refractivity contribution in [1.29, 1.82) is 0 Å². The molecule has 2 aromatic carbocycles. The molecule has 1 aliphatic rings. The lowest BCUT2D eigenvalue weighted by atomic mass is 9.74. The van der Waals surface area contributed by atoms with Gasteiger partial charge < -0.3 is 40.2 Å². The van der Waals surface area contributed by atoms with Crippen LogP contribution in [0.1, 0.15) is 24.3 Å². The van der Waals surface area contributed by atoms with Gasteiger partial charge in [0.1, 0.15) is 28.1 Å². The zero-order valence-corrected chi connectivity index (χ0v) is 15.1. The second-order valence-electron chi connectivity index (χ2n) is 7.48. The lowest BCUT2D eigenvalue weighted by molar-refractivity contribution is -0.0479. The van der Waals surface area contributed by atoms with E-state index < -0.39 is 46.6 Å². The van der Waals surface area contributed by atoms with Gasteiger partial charge in [0.2, 0.25) is 5.43 Å². The minimum absolute atomic E-state index is 0.0576. The zero-order valence-electron chi connectivity index (χ0n) is 15.1. The van der Waals surface area contributed by atoms with Crippen LogP contribution in [0.15, 0.2) is 27.4 Å². The number of benzene rings is 2. The van der Waals surface area contributed by atoms with Gasteiger partial charge in [0.05, 0.1) is 17.6 Å². The van der Waals surface area contributed by atoms with E-state index in [0.29, 0.717) is 0 Å². The van der Waals surface area contributed by atoms with Crippen molar-refractivity contribution in [2.75, 3.05) is 6.61 Å². The number of phenols is 4. The topological polar surface area (TPSA) is 172 Å². The summed E-state index contributed by atoms with van der Waals surface area (Å²) in [6.07, 6.45) is -2.15. The number of hydrogen-bond donors (Lipinski definition) is 7. The van der Waals surface area contributed by atoms with Gasteiger partial charge in [-0.05, 0) is 24.8 Å². The molecule has 1 aromatic heterocycles. The molecule has 9 nitrogen and oxygen atoms in total. The lowest BCUT2D eigenvalue weighted by Crippen LogP contribution is -2.40. The molecule has 154 valence electrons. The number of hydrogen-bond acceptors (Lipinski definition) is 9. The first kappa shape index (κ1) is 19.3. The first-order valence-electron chi connectivity index (χ1n) is 9.07. The van der Waals surface area contributed by atoms with Gasteiger partial charge in [-0.3, -0.25) is 4.79 Å². The maximum absolute atomic E-state index is 12.9. The molecule has 29 heavy (non-hydrogen) atoms. The summed E-state index contributed by atoms with van der Waals surface area (Å²) in [5.41, 5.74) is -1.05. The number of aliphatic hydroxyl groups excluding tert-OH is 3. The van der Waals surface area contributed by atoms with Crippen molar-refractivity contribution >= 4 is 21.9 Å². The van der Waals surface area contributed by atoms with Crippen LogP contribution in [0.3, 0.4) is 0 Å². The quantitative estimate of drug-likeness (QED) is 0.243. The summed E-state index contributed by atoms with van der Waals surface area (Å²) >= 11 is 0. The first-order chi connectivity index (χ1) is 13.7. The Kier molecular flexibility index (Phi) is 4.53. The summed E-state index contributed by atoms with van der Waals surface area (Å²) in [7, 11) is 0. The SMILES string of the molecule is O=c1c2cc(O)c(O)cc2oc2cc(O)c(C3C[C@H](CO)C[C@H](O)[C@H]3O)c(O)c12. The predicted octanol–water partition coefficient (Wildman–Crippen LogP) is 0.976. The predicted molar refractivity (Wildman–Crippen MR) is 101 cm³/mol. The average Bonchev–Trinajstić information content (AvgIpc) is 2.66. The summed E-state index contributed by atoms with van der Waals surface area (Å²) in [4.78, 5) is 12.9. The molecular formula is C20H20O9. The van der Waals surface area contributed by atoms with Crippen molar-refractivity contribution in [3.8, 4) is 23.0 Å². The van der Waals surface area contributed by atoms with E-state index in [1.54, 1.807) is 0 Å². The number of aliphatic hydroxyl groups is 3. The molecule has 7 N–H and O–H groups in total. The molecule has 0 radical (unpaired) electrons. The molecule has 1 aliphatic carbocycles. The Balaban J connectivity index is 1.99. The largest absolute Gasteiger partial charge is 0.507 e. The Hall–Kier alpha value is -3.01. The lowest BCUT2D eigenvalue weighted by Gasteiger charge is -2.36. The molecule has 1 unspecified atom stereocenters. The van der Waals surface area contributed by atoms with Crippen molar-refractivity contribution in [3.05, 3.63) is 34.0 Å². The first-order valence-corrected chi connectivity index (χ1v) is 9.07. The molecular weight excluding hydrogens is 384 g/mol. The molecule has 3 aromatic rings. The van der Waals surface area contributed by atoms with E-state index in [0.717, 1.165) is 18.2 Å². The fourth-order valence-corrected chi connectivity index (χ4v) is 4.17. The van der Waals surface area contributed by atoms with Crippen molar-refractivity contribution in [1.82, 2.24) is 0 Å². The van der Waals surface area contributed by atoms with E-state index in [1.165, 1.54) is 0 Å². The second-order valence-corrected chi connectivity index (χ2v) is 7.48. The van der Waals surface area contributed by atoms with Crippen LogP contribution in [0.4, 0.5) is 0 Å². The molecule has 0 saturated heterocycles. The normalized spacial score (nSPS) is 24.9. The van der Waals surface area contributed by atoms with Gasteiger partial charge in [0.25, 0.3) is 0 Å². The highest BCUT2D eigenvalue weighted by Gasteiger charge is 2.39. The molecule has 4 atom stereocenters. The maximum Gasteiger partial charge on any atom is 0.204 e. The van der Waals surface area contributed by atoms with E-state index in [-0.39, 0.29) is 52.9 Å². The van der Waals surface area contributed by atoms with Gasteiger partial charge in [0, 0.05) is 30.2 Å². The van der Waals surface area contributed by atoms with Gasteiger partial charge in [-0.2, -0.15) is 0 Å². The zero-order chi connectivity index (χ0) is 21.0. The molecule has 0 spiro atoms. The fraction of sp³-hybridized carbons (Fsp3) is 0.350. The average molecular weight is 404 g/mol. The highest BCUT2D eigenvalue weighted by atomic mass is 16.3. The van der Waals surface area contributed by atoms with Crippen molar-refractivity contribution < 1.29 is 40.2 Å². The van der Waals surface area contributed by atoms with E-state index in [2.05, 4.69) is 0 Å². The van der Waals surface area contributed by atoms with Crippen LogP contribution >= 0.6 is 0 Å². The Morgan fingerprint density at radius 1 is 0.931 bits per heavy atom. The third-order valence-corrected chi connectivity index (χ3v) is 5.65. The van der Waals surface area contributed by atoms with Crippen LogP contribution in [0.2, 0.25) is 0 Å². The molecule has 0 aliphatic heterocycles. The van der Waals surface area contributed by atoms with E-state index in [9.17, 15) is 40.5 Å². The molecule has 0 amide bonds. The highest BCUT2D eigenvalue weighted by Crippen LogP contribution is 2.46. The summed E-state index contributed by atoms with van der Waals surface area (Å²) in [5.74, 6) is -3.39. The van der Waals surface area contributed by atoms with Crippen LogP contribution in [0, 0.1) is 5.92 Å². The maximum atomic E-state index is 12.9. The van der Waals surface area contributed by atoms with Crippen molar-refractivity contribution in [2.24, 2.45) is 5.92 Å². The smallest absolute Gasteiger partial charge is 0.204 e. The van der Waals surface area contributed by atoms with Crippen LogP contribution in [0.25, 0.3) is 21.9 Å². The summed E-state index contributed by atoms with van der Waals surface area (Å²) in [6.45, 7) is -0.245. The minimum Gasteiger partial charge on any atom is -0.507 e.